The van der Waals surface area contributed by atoms with Gasteiger partial charge in [-0.25, -0.2) is 0 Å². The topological polar surface area (TPSA) is 46.9 Å². The predicted molar refractivity (Wildman–Crippen MR) is 99.4 cm³/mol. The number of carbonyl (C=O) groups excluding carboxylic acids is 1. The summed E-state index contributed by atoms with van der Waals surface area (Å²) < 4.78 is 2.95. The maximum Gasteiger partial charge on any atom is 0.269 e. The van der Waals surface area contributed by atoms with Crippen molar-refractivity contribution in [3.8, 4) is 0 Å². The Hall–Kier alpha value is -1.62. The average molecular weight is 390 g/mol. The molecule has 3 rings (SSSR count). The zero-order chi connectivity index (χ0) is 17.3. The fourth-order valence-electron chi connectivity index (χ4n) is 2.75. The second kappa shape index (κ2) is 6.71. The van der Waals surface area contributed by atoms with E-state index in [1.54, 1.807) is 0 Å². The van der Waals surface area contributed by atoms with Gasteiger partial charge in [0.05, 0.1) is 11.2 Å². The van der Waals surface area contributed by atoms with Crippen LogP contribution >= 0.6 is 15.9 Å². The molecular formula is C19H24BrN3O. The van der Waals surface area contributed by atoms with Crippen LogP contribution in [-0.2, 0) is 12.0 Å². The molecule has 1 aliphatic rings. The van der Waals surface area contributed by atoms with Crippen LogP contribution in [0.5, 0.6) is 0 Å². The number of nitrogens with zero attached hydrogens (tertiary/aromatic N) is 2. The van der Waals surface area contributed by atoms with Crippen molar-refractivity contribution in [2.45, 2.75) is 51.5 Å². The molecule has 0 spiro atoms. The van der Waals surface area contributed by atoms with Crippen LogP contribution in [0.25, 0.3) is 0 Å². The van der Waals surface area contributed by atoms with E-state index in [0.717, 1.165) is 16.6 Å². The Morgan fingerprint density at radius 3 is 2.67 bits per heavy atom. The van der Waals surface area contributed by atoms with Crippen molar-refractivity contribution in [1.82, 2.24) is 15.1 Å². The van der Waals surface area contributed by atoms with Crippen LogP contribution in [0, 0.1) is 0 Å². The highest BCUT2D eigenvalue weighted by molar-refractivity contribution is 9.10. The Labute approximate surface area is 151 Å². The number of benzene rings is 1. The summed E-state index contributed by atoms with van der Waals surface area (Å²) in [7, 11) is 0. The van der Waals surface area contributed by atoms with Crippen LogP contribution in [0.2, 0.25) is 0 Å². The molecule has 2 aromatic rings. The largest absolute Gasteiger partial charge is 0.350 e. The third-order valence-electron chi connectivity index (χ3n) is 4.23. The van der Waals surface area contributed by atoms with Crippen molar-refractivity contribution in [1.29, 1.82) is 0 Å². The molecule has 4 nitrogen and oxygen atoms in total. The summed E-state index contributed by atoms with van der Waals surface area (Å²) in [4.78, 5) is 12.7. The first-order chi connectivity index (χ1) is 11.4. The minimum atomic E-state index is -0.206. The molecule has 1 amide bonds. The summed E-state index contributed by atoms with van der Waals surface area (Å²) in [5, 5.41) is 7.73. The number of rotatable bonds is 5. The Morgan fingerprint density at radius 1 is 1.33 bits per heavy atom. The highest BCUT2D eigenvalue weighted by Gasteiger charge is 2.31. The standard InChI is InChI=1S/C19H24BrN3O/c1-19(2,3)23-17(12-16(22-23)14-8-9-14)18(24)21-11-10-13-6-4-5-7-15(13)20/h4-7,12,14H,8-11H2,1-3H3,(H,21,24). The van der Waals surface area contributed by atoms with Crippen LogP contribution in [0.15, 0.2) is 34.8 Å². The molecule has 1 aliphatic carbocycles. The van der Waals surface area contributed by atoms with Crippen molar-refractivity contribution in [2.75, 3.05) is 6.54 Å². The van der Waals surface area contributed by atoms with Gasteiger partial charge in [0, 0.05) is 16.9 Å². The SMILES string of the molecule is CC(C)(C)n1nc(C2CC2)cc1C(=O)NCCc1ccccc1Br. The third-order valence-corrected chi connectivity index (χ3v) is 5.00. The van der Waals surface area contributed by atoms with E-state index in [9.17, 15) is 4.79 Å². The molecule has 1 aromatic heterocycles. The van der Waals surface area contributed by atoms with Gasteiger partial charge in [-0.3, -0.25) is 9.48 Å². The zero-order valence-electron chi connectivity index (χ0n) is 14.5. The molecular weight excluding hydrogens is 366 g/mol. The van der Waals surface area contributed by atoms with Crippen LogP contribution in [0.3, 0.4) is 0 Å². The lowest BCUT2D eigenvalue weighted by atomic mass is 10.1. The molecule has 1 aromatic carbocycles. The zero-order valence-corrected chi connectivity index (χ0v) is 16.1. The summed E-state index contributed by atoms with van der Waals surface area (Å²) in [5.41, 5.74) is 2.71. The molecule has 5 heteroatoms. The summed E-state index contributed by atoms with van der Waals surface area (Å²) in [6, 6.07) is 10.1. The van der Waals surface area contributed by atoms with Crippen molar-refractivity contribution in [3.63, 3.8) is 0 Å². The smallest absolute Gasteiger partial charge is 0.269 e. The van der Waals surface area contributed by atoms with Gasteiger partial charge in [-0.05, 0) is 57.7 Å². The molecule has 1 heterocycles. The number of carbonyl (C=O) groups is 1. The number of halogens is 1. The lowest BCUT2D eigenvalue weighted by Crippen LogP contribution is -2.33. The van der Waals surface area contributed by atoms with Gasteiger partial charge in [0.1, 0.15) is 5.69 Å². The summed E-state index contributed by atoms with van der Waals surface area (Å²) in [6.07, 6.45) is 3.17. The van der Waals surface area contributed by atoms with E-state index < -0.39 is 0 Å². The van der Waals surface area contributed by atoms with E-state index in [1.165, 1.54) is 18.4 Å². The van der Waals surface area contributed by atoms with Crippen molar-refractivity contribution in [2.24, 2.45) is 0 Å². The van der Waals surface area contributed by atoms with Crippen molar-refractivity contribution >= 4 is 21.8 Å². The summed E-state index contributed by atoms with van der Waals surface area (Å²) in [6.45, 7) is 6.84. The van der Waals surface area contributed by atoms with Crippen LogP contribution in [0.1, 0.15) is 61.3 Å². The quantitative estimate of drug-likeness (QED) is 0.830. The van der Waals surface area contributed by atoms with Gasteiger partial charge < -0.3 is 5.32 Å². The van der Waals surface area contributed by atoms with Gasteiger partial charge in [-0.15, -0.1) is 0 Å². The number of nitrogens with one attached hydrogen (secondary N) is 1. The number of amides is 1. The van der Waals surface area contributed by atoms with Crippen molar-refractivity contribution < 1.29 is 4.79 Å². The van der Waals surface area contributed by atoms with E-state index in [-0.39, 0.29) is 11.4 Å². The average Bonchev–Trinajstić information content (AvgIpc) is 3.26. The van der Waals surface area contributed by atoms with E-state index in [0.29, 0.717) is 18.2 Å². The second-order valence-corrected chi connectivity index (χ2v) is 8.26. The van der Waals surface area contributed by atoms with Crippen LogP contribution in [0.4, 0.5) is 0 Å². The van der Waals surface area contributed by atoms with E-state index >= 15 is 0 Å². The maximum absolute atomic E-state index is 12.7. The Balaban J connectivity index is 1.69. The van der Waals surface area contributed by atoms with Crippen molar-refractivity contribution in [3.05, 3.63) is 51.8 Å². The predicted octanol–water partition coefficient (Wildman–Crippen LogP) is 4.25. The first kappa shape index (κ1) is 17.2. The van der Waals surface area contributed by atoms with E-state index in [2.05, 4.69) is 48.1 Å². The minimum absolute atomic E-state index is 0.0450. The normalized spacial score (nSPS) is 14.7. The molecule has 0 bridgehead atoms. The highest BCUT2D eigenvalue weighted by Crippen LogP contribution is 2.40. The Bertz CT molecular complexity index is 741. The molecule has 0 atom stereocenters. The fourth-order valence-corrected chi connectivity index (χ4v) is 3.24. The molecule has 1 saturated carbocycles. The molecule has 0 radical (unpaired) electrons. The van der Waals surface area contributed by atoms with Gasteiger partial charge in [0.25, 0.3) is 5.91 Å². The Morgan fingerprint density at radius 2 is 2.04 bits per heavy atom. The van der Waals surface area contributed by atoms with E-state index in [4.69, 9.17) is 5.10 Å². The number of hydrogen-bond donors (Lipinski definition) is 1. The molecule has 0 saturated heterocycles. The maximum atomic E-state index is 12.7. The highest BCUT2D eigenvalue weighted by atomic mass is 79.9. The molecule has 1 N–H and O–H groups in total. The van der Waals surface area contributed by atoms with Gasteiger partial charge in [0.15, 0.2) is 0 Å². The molecule has 128 valence electrons. The third kappa shape index (κ3) is 3.89. The molecule has 1 fully saturated rings. The van der Waals surface area contributed by atoms with Crippen LogP contribution in [-0.4, -0.2) is 22.2 Å². The monoisotopic (exact) mass is 389 g/mol. The lowest BCUT2D eigenvalue weighted by molar-refractivity contribution is 0.0935. The van der Waals surface area contributed by atoms with Gasteiger partial charge in [-0.2, -0.15) is 5.10 Å². The number of aromatic nitrogens is 2. The molecule has 0 aliphatic heterocycles. The lowest BCUT2D eigenvalue weighted by Gasteiger charge is -2.22. The van der Waals surface area contributed by atoms with Gasteiger partial charge >= 0.3 is 0 Å². The summed E-state index contributed by atoms with van der Waals surface area (Å²) >= 11 is 3.55. The molecule has 0 unspecified atom stereocenters. The fraction of sp³-hybridized carbons (Fsp3) is 0.474. The first-order valence-corrected chi connectivity index (χ1v) is 9.27. The van der Waals surface area contributed by atoms with Gasteiger partial charge in [0.2, 0.25) is 0 Å². The second-order valence-electron chi connectivity index (χ2n) is 7.41. The molecule has 24 heavy (non-hydrogen) atoms. The van der Waals surface area contributed by atoms with Gasteiger partial charge in [-0.1, -0.05) is 34.1 Å². The minimum Gasteiger partial charge on any atom is -0.350 e. The Kier molecular flexibility index (Phi) is 4.81. The van der Waals surface area contributed by atoms with E-state index in [1.807, 2.05) is 28.9 Å². The first-order valence-electron chi connectivity index (χ1n) is 8.48. The van der Waals surface area contributed by atoms with Crippen LogP contribution < -0.4 is 5.32 Å². The summed E-state index contributed by atoms with van der Waals surface area (Å²) in [5.74, 6) is 0.497. The number of hydrogen-bond acceptors (Lipinski definition) is 2.